The van der Waals surface area contributed by atoms with Crippen molar-refractivity contribution in [1.29, 1.82) is 0 Å². The highest BCUT2D eigenvalue weighted by Gasteiger charge is 2.16. The molecule has 0 bridgehead atoms. The van der Waals surface area contributed by atoms with Gasteiger partial charge in [-0.3, -0.25) is 0 Å². The number of aryl methyl sites for hydroxylation is 1. The molecule has 2 heterocycles. The molecule has 1 atom stereocenters. The van der Waals surface area contributed by atoms with Gasteiger partial charge in [-0.05, 0) is 62.7 Å². The zero-order valence-electron chi connectivity index (χ0n) is 17.1. The maximum Gasteiger partial charge on any atom is 0.328 e. The molecule has 1 aliphatic rings. The Morgan fingerprint density at radius 3 is 2.42 bits per heavy atom. The van der Waals surface area contributed by atoms with Gasteiger partial charge in [-0.2, -0.15) is 0 Å². The zero-order valence-corrected chi connectivity index (χ0v) is 17.1. The number of ether oxygens (including phenoxy) is 2. The van der Waals surface area contributed by atoms with Crippen molar-refractivity contribution in [3.05, 3.63) is 60.1 Å². The maximum absolute atomic E-state index is 13.0. The first-order chi connectivity index (χ1) is 14.8. The Bertz CT molecular complexity index is 879. The van der Waals surface area contributed by atoms with Crippen molar-refractivity contribution >= 4 is 11.9 Å². The van der Waals surface area contributed by atoms with Gasteiger partial charge in [-0.1, -0.05) is 0 Å². The normalized spacial score (nSPS) is 15.6. The Morgan fingerprint density at radius 2 is 1.84 bits per heavy atom. The summed E-state index contributed by atoms with van der Waals surface area (Å²) in [4.78, 5) is 23.5. The number of aliphatic carboxylic acids is 2. The van der Waals surface area contributed by atoms with Gasteiger partial charge in [0.2, 0.25) is 0 Å². The molecule has 3 rings (SSSR count). The smallest absolute Gasteiger partial charge is 0.328 e. The van der Waals surface area contributed by atoms with Crippen molar-refractivity contribution in [2.24, 2.45) is 5.92 Å². The SMILES string of the molecule is Cc1ccc(OC[C@H]2CCCNC2)c(Oc2ccc(F)cc2)n1.O=C(O)/C=C/C(=O)O. The maximum atomic E-state index is 13.0. The van der Waals surface area contributed by atoms with Crippen LogP contribution in [0.5, 0.6) is 17.4 Å². The van der Waals surface area contributed by atoms with Crippen LogP contribution >= 0.6 is 0 Å². The Kier molecular flexibility index (Phi) is 9.44. The molecule has 9 heteroatoms. The molecule has 0 saturated carbocycles. The van der Waals surface area contributed by atoms with Gasteiger partial charge in [-0.15, -0.1) is 0 Å². The van der Waals surface area contributed by atoms with Crippen molar-refractivity contribution in [2.75, 3.05) is 19.7 Å². The van der Waals surface area contributed by atoms with Crippen LogP contribution < -0.4 is 14.8 Å². The number of carboxylic acid groups (broad SMARTS) is 2. The second-order valence-corrected chi connectivity index (χ2v) is 6.85. The monoisotopic (exact) mass is 432 g/mol. The largest absolute Gasteiger partial charge is 0.488 e. The molecule has 3 N–H and O–H groups in total. The standard InChI is InChI=1S/C18H21FN2O2.C4H4O4/c1-13-4-9-17(22-12-14-3-2-10-20-11-14)18(21-13)23-16-7-5-15(19)6-8-16;5-3(6)1-2-4(7)8/h4-9,14,20H,2-3,10-12H2,1H3;1-2H,(H,5,6)(H,7,8)/b;2-1+/t14-;/m0./s1. The fraction of sp³-hybridized carbons (Fsp3) is 0.318. The van der Waals surface area contributed by atoms with Crippen LogP contribution in [-0.2, 0) is 9.59 Å². The number of benzene rings is 1. The average Bonchev–Trinajstić information content (AvgIpc) is 2.74. The first-order valence-electron chi connectivity index (χ1n) is 9.72. The molecule has 0 aliphatic carbocycles. The van der Waals surface area contributed by atoms with Crippen LogP contribution in [0, 0.1) is 18.7 Å². The van der Waals surface area contributed by atoms with Crippen LogP contribution in [0.1, 0.15) is 18.5 Å². The molecule has 0 radical (unpaired) electrons. The van der Waals surface area contributed by atoms with Crippen LogP contribution in [0.2, 0.25) is 0 Å². The predicted octanol–water partition coefficient (Wildman–Crippen LogP) is 3.41. The van der Waals surface area contributed by atoms with Gasteiger partial charge in [0, 0.05) is 30.3 Å². The number of carboxylic acids is 2. The van der Waals surface area contributed by atoms with Crippen molar-refractivity contribution in [1.82, 2.24) is 10.3 Å². The third kappa shape index (κ3) is 9.26. The molecule has 166 valence electrons. The van der Waals surface area contributed by atoms with Gasteiger partial charge in [0.25, 0.3) is 5.88 Å². The van der Waals surface area contributed by atoms with Gasteiger partial charge >= 0.3 is 11.9 Å². The first-order valence-corrected chi connectivity index (χ1v) is 9.72. The lowest BCUT2D eigenvalue weighted by atomic mass is 10.0. The van der Waals surface area contributed by atoms with E-state index in [-0.39, 0.29) is 5.82 Å². The minimum atomic E-state index is -1.26. The number of carbonyl (C=O) groups is 2. The molecule has 1 aromatic heterocycles. The number of rotatable bonds is 7. The van der Waals surface area contributed by atoms with Crippen LogP contribution in [-0.4, -0.2) is 46.8 Å². The Labute approximate surface area is 179 Å². The summed E-state index contributed by atoms with van der Waals surface area (Å²) in [5.74, 6) is -0.737. The molecule has 1 aliphatic heterocycles. The fourth-order valence-electron chi connectivity index (χ4n) is 2.73. The minimum absolute atomic E-state index is 0.296. The summed E-state index contributed by atoms with van der Waals surface area (Å²) in [5, 5.41) is 19.0. The molecule has 31 heavy (non-hydrogen) atoms. The van der Waals surface area contributed by atoms with E-state index in [9.17, 15) is 14.0 Å². The van der Waals surface area contributed by atoms with E-state index >= 15 is 0 Å². The minimum Gasteiger partial charge on any atom is -0.488 e. The number of hydrogen-bond acceptors (Lipinski definition) is 6. The van der Waals surface area contributed by atoms with E-state index in [0.29, 0.717) is 42.1 Å². The topological polar surface area (TPSA) is 118 Å². The summed E-state index contributed by atoms with van der Waals surface area (Å²) in [7, 11) is 0. The van der Waals surface area contributed by atoms with E-state index in [0.717, 1.165) is 18.8 Å². The van der Waals surface area contributed by atoms with E-state index in [4.69, 9.17) is 19.7 Å². The number of aromatic nitrogens is 1. The summed E-state index contributed by atoms with van der Waals surface area (Å²) in [6.07, 6.45) is 3.46. The van der Waals surface area contributed by atoms with E-state index in [1.165, 1.54) is 25.0 Å². The number of nitrogens with zero attached hydrogens (tertiary/aromatic N) is 1. The van der Waals surface area contributed by atoms with E-state index in [1.807, 2.05) is 19.1 Å². The molecular formula is C22H25FN2O6. The van der Waals surface area contributed by atoms with Crippen molar-refractivity contribution in [3.8, 4) is 17.4 Å². The number of pyridine rings is 1. The summed E-state index contributed by atoms with van der Waals surface area (Å²) in [6.45, 7) is 4.60. The summed E-state index contributed by atoms with van der Waals surface area (Å²) in [6, 6.07) is 9.64. The Hall–Kier alpha value is -3.46. The van der Waals surface area contributed by atoms with Gasteiger partial charge in [0.05, 0.1) is 6.61 Å². The first kappa shape index (κ1) is 23.8. The fourth-order valence-corrected chi connectivity index (χ4v) is 2.73. The van der Waals surface area contributed by atoms with Gasteiger partial charge in [0.15, 0.2) is 5.75 Å². The molecule has 0 spiro atoms. The van der Waals surface area contributed by atoms with Crippen molar-refractivity contribution < 1.29 is 33.7 Å². The van der Waals surface area contributed by atoms with Crippen molar-refractivity contribution in [3.63, 3.8) is 0 Å². The summed E-state index contributed by atoms with van der Waals surface area (Å²) < 4.78 is 24.7. The number of piperidine rings is 1. The average molecular weight is 432 g/mol. The number of halogens is 1. The van der Waals surface area contributed by atoms with Crippen LogP contribution in [0.3, 0.4) is 0 Å². The molecular weight excluding hydrogens is 407 g/mol. The van der Waals surface area contributed by atoms with Gasteiger partial charge < -0.3 is 25.0 Å². The second-order valence-electron chi connectivity index (χ2n) is 6.85. The Balaban J connectivity index is 0.000000366. The van der Waals surface area contributed by atoms with E-state index in [2.05, 4.69) is 10.3 Å². The molecule has 8 nitrogen and oxygen atoms in total. The van der Waals surface area contributed by atoms with Crippen LogP contribution in [0.15, 0.2) is 48.6 Å². The second kappa shape index (κ2) is 12.3. The third-order valence-electron chi connectivity index (χ3n) is 4.23. The molecule has 0 amide bonds. The highest BCUT2D eigenvalue weighted by atomic mass is 19.1. The number of nitrogens with one attached hydrogen (secondary N) is 1. The van der Waals surface area contributed by atoms with Crippen molar-refractivity contribution in [2.45, 2.75) is 19.8 Å². The quantitative estimate of drug-likeness (QED) is 0.570. The van der Waals surface area contributed by atoms with E-state index in [1.54, 1.807) is 12.1 Å². The predicted molar refractivity (Wildman–Crippen MR) is 111 cm³/mol. The van der Waals surface area contributed by atoms with Gasteiger partial charge in [0.1, 0.15) is 11.6 Å². The molecule has 2 aromatic rings. The highest BCUT2D eigenvalue weighted by molar-refractivity contribution is 5.89. The molecule has 1 saturated heterocycles. The Morgan fingerprint density at radius 1 is 1.16 bits per heavy atom. The lowest BCUT2D eigenvalue weighted by Gasteiger charge is -2.23. The highest BCUT2D eigenvalue weighted by Crippen LogP contribution is 2.30. The van der Waals surface area contributed by atoms with Crippen LogP contribution in [0.4, 0.5) is 4.39 Å². The summed E-state index contributed by atoms with van der Waals surface area (Å²) in [5.41, 5.74) is 0.841. The van der Waals surface area contributed by atoms with Crippen LogP contribution in [0.25, 0.3) is 0 Å². The lowest BCUT2D eigenvalue weighted by Crippen LogP contribution is -2.33. The lowest BCUT2D eigenvalue weighted by molar-refractivity contribution is -0.134. The molecule has 1 aromatic carbocycles. The zero-order chi connectivity index (χ0) is 22.6. The molecule has 0 unspecified atom stereocenters. The molecule has 1 fully saturated rings. The van der Waals surface area contributed by atoms with Gasteiger partial charge in [-0.25, -0.2) is 19.0 Å². The summed E-state index contributed by atoms with van der Waals surface area (Å²) >= 11 is 0. The third-order valence-corrected chi connectivity index (χ3v) is 4.23. The number of hydrogen-bond donors (Lipinski definition) is 3. The van der Waals surface area contributed by atoms with E-state index < -0.39 is 11.9 Å².